The molecule has 212 valence electrons. The number of halogens is 1. The first-order chi connectivity index (χ1) is 18.8. The summed E-state index contributed by atoms with van der Waals surface area (Å²) < 4.78 is 33.8. The molecule has 1 heterocycles. The van der Waals surface area contributed by atoms with Crippen molar-refractivity contribution in [1.29, 1.82) is 0 Å². The number of fused-ring (bicyclic) bond motifs is 2. The van der Waals surface area contributed by atoms with Crippen LogP contribution in [0.15, 0.2) is 28.7 Å². The Hall–Kier alpha value is -3.43. The maximum absolute atomic E-state index is 15.8. The first-order valence-electron chi connectivity index (χ1n) is 13.9. The van der Waals surface area contributed by atoms with Crippen molar-refractivity contribution in [2.75, 3.05) is 14.2 Å². The van der Waals surface area contributed by atoms with Gasteiger partial charge >= 0.3 is 0 Å². The molecule has 4 rings (SSSR count). The minimum absolute atomic E-state index is 0.116. The van der Waals surface area contributed by atoms with Crippen molar-refractivity contribution in [3.63, 3.8) is 0 Å². The van der Waals surface area contributed by atoms with E-state index < -0.39 is 8.07 Å². The van der Waals surface area contributed by atoms with Crippen LogP contribution in [0.1, 0.15) is 63.8 Å². The molecule has 0 bridgehead atoms. The highest BCUT2D eigenvalue weighted by atomic mass is 28.3. The van der Waals surface area contributed by atoms with Crippen molar-refractivity contribution in [2.45, 2.75) is 78.9 Å². The Morgan fingerprint density at radius 2 is 1.48 bits per heavy atom. The SMILES string of the molecule is COc1cc(-c2oc3c(C)c(C)c(C)c(O)c3c2OC)c2c(C#C[Si](C(C)C)(C(C)C)C(C)C)c(F)ccc2c1. The molecule has 0 atom stereocenters. The van der Waals surface area contributed by atoms with E-state index in [1.807, 2.05) is 32.9 Å². The summed E-state index contributed by atoms with van der Waals surface area (Å²) in [5.41, 5.74) is 9.02. The fourth-order valence-electron chi connectivity index (χ4n) is 6.52. The molecule has 40 heavy (non-hydrogen) atoms. The van der Waals surface area contributed by atoms with Crippen LogP contribution in [0.25, 0.3) is 33.1 Å². The third-order valence-corrected chi connectivity index (χ3v) is 15.2. The molecular weight excluding hydrogens is 519 g/mol. The summed E-state index contributed by atoms with van der Waals surface area (Å²) in [4.78, 5) is 0. The highest BCUT2D eigenvalue weighted by molar-refractivity contribution is 6.90. The third-order valence-electron chi connectivity index (χ3n) is 8.92. The van der Waals surface area contributed by atoms with Crippen LogP contribution in [0.4, 0.5) is 4.39 Å². The summed E-state index contributed by atoms with van der Waals surface area (Å²) in [6.45, 7) is 19.3. The Kier molecular flexibility index (Phi) is 8.02. The van der Waals surface area contributed by atoms with Gasteiger partial charge < -0.3 is 19.0 Å². The van der Waals surface area contributed by atoms with Gasteiger partial charge in [0.25, 0.3) is 0 Å². The fraction of sp³-hybridized carbons (Fsp3) is 0.412. The quantitative estimate of drug-likeness (QED) is 0.188. The van der Waals surface area contributed by atoms with E-state index in [1.165, 1.54) is 6.07 Å². The number of methoxy groups -OCH3 is 2. The minimum atomic E-state index is -2.14. The largest absolute Gasteiger partial charge is 0.507 e. The first kappa shape index (κ1) is 29.5. The van der Waals surface area contributed by atoms with Gasteiger partial charge in [-0.25, -0.2) is 4.39 Å². The lowest BCUT2D eigenvalue weighted by atomic mass is 9.96. The highest BCUT2D eigenvalue weighted by Crippen LogP contribution is 2.50. The second kappa shape index (κ2) is 10.9. The van der Waals surface area contributed by atoms with E-state index in [4.69, 9.17) is 13.9 Å². The van der Waals surface area contributed by atoms with Crippen LogP contribution in [-0.4, -0.2) is 27.4 Å². The van der Waals surface area contributed by atoms with E-state index in [0.29, 0.717) is 61.4 Å². The van der Waals surface area contributed by atoms with Crippen LogP contribution in [-0.2, 0) is 0 Å². The number of phenols is 1. The lowest BCUT2D eigenvalue weighted by molar-refractivity contribution is 0.410. The van der Waals surface area contributed by atoms with E-state index in [2.05, 4.69) is 53.0 Å². The molecule has 6 heteroatoms. The number of phenolic OH excluding ortho intramolecular Hbond substituents is 1. The molecule has 3 aromatic carbocycles. The normalized spacial score (nSPS) is 12.1. The zero-order valence-electron chi connectivity index (χ0n) is 25.6. The van der Waals surface area contributed by atoms with Crippen molar-refractivity contribution in [2.24, 2.45) is 0 Å². The smallest absolute Gasteiger partial charge is 0.178 e. The molecule has 0 fully saturated rings. The van der Waals surface area contributed by atoms with E-state index in [9.17, 15) is 5.11 Å². The predicted molar refractivity (Wildman–Crippen MR) is 166 cm³/mol. The van der Waals surface area contributed by atoms with Gasteiger partial charge in [0.1, 0.15) is 36.4 Å². The number of aryl methyl sites for hydroxylation is 1. The summed E-state index contributed by atoms with van der Waals surface area (Å²) in [5.74, 6) is 4.49. The van der Waals surface area contributed by atoms with Crippen molar-refractivity contribution < 1.29 is 23.4 Å². The lowest BCUT2D eigenvalue weighted by Gasteiger charge is -2.38. The first-order valence-corrected chi connectivity index (χ1v) is 16.2. The molecule has 0 saturated heterocycles. The van der Waals surface area contributed by atoms with Gasteiger partial charge in [0.05, 0.1) is 19.8 Å². The summed E-state index contributed by atoms with van der Waals surface area (Å²) >= 11 is 0. The zero-order chi connectivity index (χ0) is 29.7. The van der Waals surface area contributed by atoms with E-state index >= 15 is 4.39 Å². The summed E-state index contributed by atoms with van der Waals surface area (Å²) in [5, 5.41) is 13.1. The Balaban J connectivity index is 2.18. The van der Waals surface area contributed by atoms with Crippen molar-refractivity contribution in [3.05, 3.63) is 52.3 Å². The molecule has 0 aliphatic carbocycles. The second-order valence-electron chi connectivity index (χ2n) is 11.7. The molecule has 1 aromatic heterocycles. The average molecular weight is 561 g/mol. The van der Waals surface area contributed by atoms with Gasteiger partial charge in [-0.2, -0.15) is 0 Å². The van der Waals surface area contributed by atoms with E-state index in [-0.39, 0.29) is 11.6 Å². The van der Waals surface area contributed by atoms with Crippen molar-refractivity contribution in [1.82, 2.24) is 0 Å². The topological polar surface area (TPSA) is 51.8 Å². The highest BCUT2D eigenvalue weighted by Gasteiger charge is 2.41. The van der Waals surface area contributed by atoms with E-state index in [1.54, 1.807) is 20.3 Å². The van der Waals surface area contributed by atoms with Crippen LogP contribution in [0.3, 0.4) is 0 Å². The maximum atomic E-state index is 15.8. The van der Waals surface area contributed by atoms with Crippen LogP contribution < -0.4 is 9.47 Å². The van der Waals surface area contributed by atoms with Gasteiger partial charge in [0.2, 0.25) is 0 Å². The second-order valence-corrected chi connectivity index (χ2v) is 17.3. The van der Waals surface area contributed by atoms with Crippen molar-refractivity contribution >= 4 is 29.8 Å². The number of ether oxygens (including phenoxy) is 2. The standard InChI is InChI=1S/C34H41FO4Si/c1-18(2)40(19(3)4,20(5)6)15-14-26-28(35)13-12-24-16-25(37-10)17-27(29(24)26)33-34(38-11)30-31(36)22(8)21(7)23(9)32(30)39-33/h12-13,16-20,36H,1-11H3. The van der Waals surface area contributed by atoms with Gasteiger partial charge in [-0.1, -0.05) is 53.5 Å². The Labute approximate surface area is 238 Å². The predicted octanol–water partition coefficient (Wildman–Crippen LogP) is 9.61. The molecule has 0 aliphatic rings. The van der Waals surface area contributed by atoms with Crippen LogP contribution in [0, 0.1) is 38.1 Å². The number of benzene rings is 3. The Morgan fingerprint density at radius 1 is 0.850 bits per heavy atom. The van der Waals surface area contributed by atoms with Crippen molar-refractivity contribution in [3.8, 4) is 40.0 Å². The van der Waals surface area contributed by atoms with Crippen LogP contribution in [0.2, 0.25) is 16.6 Å². The molecule has 0 unspecified atom stereocenters. The number of aromatic hydroxyl groups is 1. The van der Waals surface area contributed by atoms with Gasteiger partial charge in [-0.15, -0.1) is 5.54 Å². The molecule has 4 nitrogen and oxygen atoms in total. The third kappa shape index (κ3) is 4.45. The summed E-state index contributed by atoms with van der Waals surface area (Å²) in [7, 11) is 1.01. The number of rotatable bonds is 6. The average Bonchev–Trinajstić information content (AvgIpc) is 3.30. The van der Waals surface area contributed by atoms with Crippen LogP contribution in [0.5, 0.6) is 17.2 Å². The maximum Gasteiger partial charge on any atom is 0.178 e. The molecule has 0 aliphatic heterocycles. The number of hydrogen-bond donors (Lipinski definition) is 1. The molecule has 0 radical (unpaired) electrons. The fourth-order valence-corrected chi connectivity index (χ4v) is 11.7. The Morgan fingerprint density at radius 3 is 2.02 bits per heavy atom. The molecule has 1 N–H and O–H groups in total. The molecule has 4 aromatic rings. The van der Waals surface area contributed by atoms with Crippen LogP contribution >= 0.6 is 0 Å². The van der Waals surface area contributed by atoms with Gasteiger partial charge in [-0.05, 0) is 77.7 Å². The lowest BCUT2D eigenvalue weighted by Crippen LogP contribution is -2.43. The molecule has 0 amide bonds. The minimum Gasteiger partial charge on any atom is -0.507 e. The van der Waals surface area contributed by atoms with Gasteiger partial charge in [0, 0.05) is 10.9 Å². The number of furan rings is 1. The molecule has 0 saturated carbocycles. The Bertz CT molecular complexity index is 1650. The molecular formula is C34H41FO4Si. The summed E-state index contributed by atoms with van der Waals surface area (Å²) in [6.07, 6.45) is 0. The van der Waals surface area contributed by atoms with Gasteiger partial charge in [-0.3, -0.25) is 0 Å². The number of hydrogen-bond acceptors (Lipinski definition) is 4. The summed E-state index contributed by atoms with van der Waals surface area (Å²) in [6, 6.07) is 6.93. The molecule has 0 spiro atoms. The van der Waals surface area contributed by atoms with E-state index in [0.717, 1.165) is 22.1 Å². The zero-order valence-corrected chi connectivity index (χ0v) is 26.6. The van der Waals surface area contributed by atoms with Gasteiger partial charge in [0.15, 0.2) is 11.5 Å². The monoisotopic (exact) mass is 560 g/mol.